The first kappa shape index (κ1) is 24.3. The van der Waals surface area contributed by atoms with E-state index in [0.29, 0.717) is 0 Å². The van der Waals surface area contributed by atoms with Crippen LogP contribution in [-0.4, -0.2) is 60.7 Å². The average molecular weight is 447 g/mol. The number of hydrogen-bond donors (Lipinski definition) is 3. The van der Waals surface area contributed by atoms with Crippen LogP contribution in [0.3, 0.4) is 0 Å². The first-order valence-electron chi connectivity index (χ1n) is 9.63. The van der Waals surface area contributed by atoms with Crippen molar-refractivity contribution in [2.24, 2.45) is 21.7 Å². The molecular weight excluding hydrogens is 421 g/mol. The third-order valence-corrected chi connectivity index (χ3v) is 4.64. The molecule has 172 valence electrons. The van der Waals surface area contributed by atoms with E-state index < -0.39 is 5.09 Å². The maximum atomic E-state index is 13.1. The van der Waals surface area contributed by atoms with Gasteiger partial charge >= 0.3 is 0 Å². The fourth-order valence-electron chi connectivity index (χ4n) is 3.22. The summed E-state index contributed by atoms with van der Waals surface area (Å²) >= 11 is 0. The molecule has 0 bridgehead atoms. The van der Waals surface area contributed by atoms with Crippen molar-refractivity contribution in [3.05, 3.63) is 69.5 Å². The summed E-state index contributed by atoms with van der Waals surface area (Å²) in [5, 5.41) is 21.1. The number of anilines is 1. The molecule has 0 aliphatic carbocycles. The summed E-state index contributed by atoms with van der Waals surface area (Å²) in [5.74, 6) is 0.543. The quantitative estimate of drug-likeness (QED) is 0.260. The van der Waals surface area contributed by atoms with Crippen LogP contribution < -0.4 is 21.1 Å². The van der Waals surface area contributed by atoms with Crippen LogP contribution in [0.1, 0.15) is 11.1 Å². The third kappa shape index (κ3) is 8.07. The summed E-state index contributed by atoms with van der Waals surface area (Å²) in [6.07, 6.45) is 1.61. The van der Waals surface area contributed by atoms with Crippen molar-refractivity contribution in [2.75, 3.05) is 38.2 Å². The van der Waals surface area contributed by atoms with Crippen molar-refractivity contribution in [3.63, 3.8) is 0 Å². The van der Waals surface area contributed by atoms with Crippen LogP contribution in [0.4, 0.5) is 10.1 Å². The Morgan fingerprint density at radius 1 is 1.22 bits per heavy atom. The van der Waals surface area contributed by atoms with Gasteiger partial charge in [-0.15, -0.1) is 15.2 Å². The van der Waals surface area contributed by atoms with E-state index in [2.05, 4.69) is 20.0 Å². The predicted octanol–water partition coefficient (Wildman–Crippen LogP) is 1.42. The zero-order chi connectivity index (χ0) is 23.5. The minimum Gasteiger partial charge on any atom is -0.496 e. The summed E-state index contributed by atoms with van der Waals surface area (Å²) in [7, 11) is 1.67. The second-order valence-electron chi connectivity index (χ2n) is 6.82. The Labute approximate surface area is 184 Å². The number of ether oxygens (including phenoxy) is 1. The number of piperazine rings is 1. The zero-order valence-electron chi connectivity index (χ0n) is 17.6. The molecule has 0 amide bonds. The lowest BCUT2D eigenvalue weighted by Crippen LogP contribution is -2.46. The largest absolute Gasteiger partial charge is 0.496 e. The van der Waals surface area contributed by atoms with E-state index in [1.165, 1.54) is 12.1 Å². The molecule has 5 N–H and O–H groups in total. The van der Waals surface area contributed by atoms with Crippen molar-refractivity contribution in [3.8, 4) is 5.75 Å². The molecule has 12 heteroatoms. The first-order chi connectivity index (χ1) is 15.3. The van der Waals surface area contributed by atoms with Gasteiger partial charge in [0.1, 0.15) is 11.6 Å². The lowest BCUT2D eigenvalue weighted by atomic mass is 10.1. The highest BCUT2D eigenvalue weighted by atomic mass is 19.1. The molecule has 0 unspecified atom stereocenters. The maximum absolute atomic E-state index is 13.1. The molecule has 32 heavy (non-hydrogen) atoms. The van der Waals surface area contributed by atoms with Gasteiger partial charge in [-0.25, -0.2) is 4.39 Å². The number of rotatable bonds is 6. The minimum atomic E-state index is -1.50. The SMILES string of the molecule is COc1ccc(/C=N/N=C(N)N)cc1CN1CCN(c2ccc(F)cc2)CC1.O=[N+]([O-])O. The summed E-state index contributed by atoms with van der Waals surface area (Å²) < 4.78 is 18.6. The van der Waals surface area contributed by atoms with Crippen LogP contribution in [0.15, 0.2) is 52.7 Å². The highest BCUT2D eigenvalue weighted by molar-refractivity contribution is 5.82. The normalized spacial score (nSPS) is 13.9. The second-order valence-corrected chi connectivity index (χ2v) is 6.82. The number of methoxy groups -OCH3 is 1. The van der Waals surface area contributed by atoms with Crippen molar-refractivity contribution < 1.29 is 19.4 Å². The van der Waals surface area contributed by atoms with Gasteiger partial charge in [0.2, 0.25) is 5.96 Å². The fraction of sp³-hybridized carbons (Fsp3) is 0.300. The van der Waals surface area contributed by atoms with Gasteiger partial charge in [0.15, 0.2) is 0 Å². The highest BCUT2D eigenvalue weighted by Crippen LogP contribution is 2.23. The standard InChI is InChI=1S/C20H25FN6O.HNO3/c1-28-19-7-2-15(13-24-25-20(22)23)12-16(19)14-26-8-10-27(11-9-26)18-5-3-17(21)4-6-18;2-1(3)4/h2-7,12-13H,8-11,14H2,1H3,(H4,22,23,25);(H,2,3,4)/b24-13+;. The van der Waals surface area contributed by atoms with Gasteiger partial charge in [-0.3, -0.25) is 4.90 Å². The van der Waals surface area contributed by atoms with E-state index in [9.17, 15) is 4.39 Å². The molecule has 2 aromatic rings. The maximum Gasteiger partial charge on any atom is 0.291 e. The van der Waals surface area contributed by atoms with Crippen molar-refractivity contribution in [1.82, 2.24) is 4.90 Å². The second kappa shape index (κ2) is 12.1. The van der Waals surface area contributed by atoms with E-state index in [1.807, 2.05) is 30.3 Å². The van der Waals surface area contributed by atoms with Crippen LogP contribution in [0.5, 0.6) is 5.75 Å². The lowest BCUT2D eigenvalue weighted by Gasteiger charge is -2.36. The number of halogens is 1. The van der Waals surface area contributed by atoms with Gasteiger partial charge in [-0.1, -0.05) is 0 Å². The van der Waals surface area contributed by atoms with Gasteiger partial charge in [-0.2, -0.15) is 5.10 Å². The molecule has 1 saturated heterocycles. The van der Waals surface area contributed by atoms with E-state index >= 15 is 0 Å². The molecule has 0 radical (unpaired) electrons. The van der Waals surface area contributed by atoms with Crippen molar-refractivity contribution in [2.45, 2.75) is 6.54 Å². The van der Waals surface area contributed by atoms with Gasteiger partial charge in [0.25, 0.3) is 5.09 Å². The number of nitrogens with two attached hydrogens (primary N) is 2. The fourth-order valence-corrected chi connectivity index (χ4v) is 3.22. The molecule has 1 aliphatic rings. The topological polar surface area (TPSA) is 156 Å². The Morgan fingerprint density at radius 2 is 1.84 bits per heavy atom. The summed E-state index contributed by atoms with van der Waals surface area (Å²) in [6.45, 7) is 4.36. The molecule has 3 rings (SSSR count). The smallest absolute Gasteiger partial charge is 0.291 e. The lowest BCUT2D eigenvalue weighted by molar-refractivity contribution is -0.742. The van der Waals surface area contributed by atoms with Crippen LogP contribution >= 0.6 is 0 Å². The summed E-state index contributed by atoms with van der Waals surface area (Å²) in [4.78, 5) is 13.0. The molecule has 0 aromatic heterocycles. The Balaban J connectivity index is 0.000000837. The number of benzene rings is 2. The van der Waals surface area contributed by atoms with Crippen molar-refractivity contribution in [1.29, 1.82) is 0 Å². The molecule has 0 saturated carbocycles. The van der Waals surface area contributed by atoms with E-state index in [-0.39, 0.29) is 11.8 Å². The molecule has 1 heterocycles. The van der Waals surface area contributed by atoms with E-state index in [4.69, 9.17) is 31.5 Å². The Bertz CT molecular complexity index is 937. The van der Waals surface area contributed by atoms with Crippen molar-refractivity contribution >= 4 is 17.9 Å². The first-order valence-corrected chi connectivity index (χ1v) is 9.63. The molecule has 1 fully saturated rings. The molecule has 0 atom stereocenters. The van der Waals surface area contributed by atoms with Crippen LogP contribution in [0, 0.1) is 15.9 Å². The van der Waals surface area contributed by atoms with Gasteiger partial charge < -0.3 is 26.3 Å². The number of hydrogen-bond acceptors (Lipinski definition) is 7. The summed E-state index contributed by atoms with van der Waals surface area (Å²) in [6, 6.07) is 12.5. The summed E-state index contributed by atoms with van der Waals surface area (Å²) in [5.41, 5.74) is 13.6. The Kier molecular flexibility index (Phi) is 9.17. The van der Waals surface area contributed by atoms with E-state index in [1.54, 1.807) is 13.3 Å². The van der Waals surface area contributed by atoms with Gasteiger partial charge in [0.05, 0.1) is 13.3 Å². The van der Waals surface area contributed by atoms with Crippen LogP contribution in [-0.2, 0) is 6.54 Å². The highest BCUT2D eigenvalue weighted by Gasteiger charge is 2.18. The van der Waals surface area contributed by atoms with Gasteiger partial charge in [0, 0.05) is 44.0 Å². The average Bonchev–Trinajstić information content (AvgIpc) is 2.74. The third-order valence-electron chi connectivity index (χ3n) is 4.64. The molecule has 11 nitrogen and oxygen atoms in total. The van der Waals surface area contributed by atoms with E-state index in [0.717, 1.165) is 55.3 Å². The molecule has 2 aromatic carbocycles. The van der Waals surface area contributed by atoms with Crippen LogP contribution in [0.2, 0.25) is 0 Å². The Morgan fingerprint density at radius 3 is 2.41 bits per heavy atom. The zero-order valence-corrected chi connectivity index (χ0v) is 17.6. The monoisotopic (exact) mass is 447 g/mol. The molecular formula is C20H26FN7O4. The minimum absolute atomic E-state index is 0.0796. The van der Waals surface area contributed by atoms with Crippen LogP contribution in [0.25, 0.3) is 0 Å². The predicted molar refractivity (Wildman–Crippen MR) is 119 cm³/mol. The number of guanidine groups is 1. The molecule has 1 aliphatic heterocycles. The number of nitrogens with zero attached hydrogens (tertiary/aromatic N) is 5. The van der Waals surface area contributed by atoms with Gasteiger partial charge in [-0.05, 0) is 48.0 Å². The Hall–Kier alpha value is -3.93. The molecule has 0 spiro atoms.